The normalized spacial score (nSPS) is 11.7. The number of amides is 1. The van der Waals surface area contributed by atoms with Gasteiger partial charge < -0.3 is 5.32 Å². The summed E-state index contributed by atoms with van der Waals surface area (Å²) in [5, 5.41) is 7.10. The minimum atomic E-state index is -0.299. The Bertz CT molecular complexity index is 878. The first-order valence-corrected chi connectivity index (χ1v) is 7.72. The molecule has 0 atom stereocenters. The Labute approximate surface area is 139 Å². The van der Waals surface area contributed by atoms with Gasteiger partial charge in [0, 0.05) is 12.0 Å². The van der Waals surface area contributed by atoms with Crippen LogP contribution in [-0.4, -0.2) is 20.5 Å². The third-order valence-electron chi connectivity index (χ3n) is 3.69. The maximum Gasteiger partial charge on any atom is 0.272 e. The molecule has 0 aliphatic carbocycles. The van der Waals surface area contributed by atoms with Crippen LogP contribution in [0.25, 0.3) is 5.65 Å². The lowest BCUT2D eigenvalue weighted by Gasteiger charge is -2.13. The van der Waals surface area contributed by atoms with Crippen LogP contribution < -0.4 is 5.32 Å². The van der Waals surface area contributed by atoms with E-state index >= 15 is 0 Å². The van der Waals surface area contributed by atoms with E-state index < -0.39 is 0 Å². The van der Waals surface area contributed by atoms with Crippen molar-refractivity contribution < 1.29 is 9.18 Å². The third kappa shape index (κ3) is 3.42. The Kier molecular flexibility index (Phi) is 4.05. The van der Waals surface area contributed by atoms with Gasteiger partial charge in [-0.1, -0.05) is 32.9 Å². The summed E-state index contributed by atoms with van der Waals surface area (Å²) in [7, 11) is 0. The molecule has 0 bridgehead atoms. The standard InChI is InChI=1S/C18H19FN4O/c1-18(2,3)15-11-23-16(21-15)9-8-14(22-23)17(24)20-10-12-4-6-13(19)7-5-12/h4-9,11H,10H2,1-3H3,(H,20,24). The zero-order chi connectivity index (χ0) is 17.3. The largest absolute Gasteiger partial charge is 0.347 e. The number of carbonyl (C=O) groups is 1. The van der Waals surface area contributed by atoms with Crippen molar-refractivity contribution in [3.63, 3.8) is 0 Å². The van der Waals surface area contributed by atoms with Crippen LogP contribution in [0.15, 0.2) is 42.6 Å². The van der Waals surface area contributed by atoms with Crippen LogP contribution in [-0.2, 0) is 12.0 Å². The Morgan fingerprint density at radius 3 is 2.54 bits per heavy atom. The quantitative estimate of drug-likeness (QED) is 0.804. The second-order valence-corrected chi connectivity index (χ2v) is 6.71. The number of fused-ring (bicyclic) bond motifs is 1. The number of nitrogens with zero attached hydrogens (tertiary/aromatic N) is 3. The fourth-order valence-electron chi connectivity index (χ4n) is 2.24. The summed E-state index contributed by atoms with van der Waals surface area (Å²) < 4.78 is 14.5. The Hall–Kier alpha value is -2.76. The number of carbonyl (C=O) groups excluding carboxylic acids is 1. The molecule has 2 heterocycles. The van der Waals surface area contributed by atoms with Gasteiger partial charge in [0.15, 0.2) is 5.65 Å². The molecule has 0 fully saturated rings. The van der Waals surface area contributed by atoms with E-state index in [1.165, 1.54) is 12.1 Å². The first-order chi connectivity index (χ1) is 11.3. The molecule has 0 unspecified atom stereocenters. The van der Waals surface area contributed by atoms with Crippen LogP contribution in [0.3, 0.4) is 0 Å². The predicted octanol–water partition coefficient (Wildman–Crippen LogP) is 3.10. The zero-order valence-electron chi connectivity index (χ0n) is 13.9. The van der Waals surface area contributed by atoms with Crippen LogP contribution in [0.4, 0.5) is 4.39 Å². The number of aromatic nitrogens is 3. The first kappa shape index (κ1) is 16.1. The molecule has 0 spiro atoms. The van der Waals surface area contributed by atoms with Gasteiger partial charge in [-0.15, -0.1) is 0 Å². The average Bonchev–Trinajstić information content (AvgIpc) is 2.97. The van der Waals surface area contributed by atoms with E-state index in [2.05, 4.69) is 36.2 Å². The van der Waals surface area contributed by atoms with Gasteiger partial charge in [-0.25, -0.2) is 13.9 Å². The molecule has 1 aromatic carbocycles. The number of hydrogen-bond acceptors (Lipinski definition) is 3. The second-order valence-electron chi connectivity index (χ2n) is 6.71. The average molecular weight is 326 g/mol. The van der Waals surface area contributed by atoms with Crippen molar-refractivity contribution in [1.82, 2.24) is 19.9 Å². The number of benzene rings is 1. The van der Waals surface area contributed by atoms with Gasteiger partial charge in [0.1, 0.15) is 11.5 Å². The van der Waals surface area contributed by atoms with Crippen LogP contribution in [0, 0.1) is 5.82 Å². The highest BCUT2D eigenvalue weighted by molar-refractivity contribution is 5.92. The van der Waals surface area contributed by atoms with Gasteiger partial charge in [-0.05, 0) is 29.8 Å². The fraction of sp³-hybridized carbons (Fsp3) is 0.278. The van der Waals surface area contributed by atoms with Crippen LogP contribution in [0.5, 0.6) is 0 Å². The molecule has 3 aromatic rings. The van der Waals surface area contributed by atoms with E-state index in [1.54, 1.807) is 28.8 Å². The number of imidazole rings is 1. The summed E-state index contributed by atoms with van der Waals surface area (Å²) in [4.78, 5) is 16.8. The second kappa shape index (κ2) is 6.03. The van der Waals surface area contributed by atoms with E-state index in [-0.39, 0.29) is 17.1 Å². The molecule has 0 aliphatic heterocycles. The number of halogens is 1. The minimum absolute atomic E-state index is 0.0846. The van der Waals surface area contributed by atoms with Crippen molar-refractivity contribution in [2.45, 2.75) is 32.7 Å². The Balaban J connectivity index is 1.76. The third-order valence-corrected chi connectivity index (χ3v) is 3.69. The van der Waals surface area contributed by atoms with Crippen molar-refractivity contribution >= 4 is 11.6 Å². The molecule has 1 amide bonds. The monoisotopic (exact) mass is 326 g/mol. The molecule has 3 rings (SSSR count). The zero-order valence-corrected chi connectivity index (χ0v) is 13.9. The lowest BCUT2D eigenvalue weighted by Crippen LogP contribution is -2.24. The SMILES string of the molecule is CC(C)(C)c1cn2nc(C(=O)NCc3ccc(F)cc3)ccc2n1. The van der Waals surface area contributed by atoms with Crippen molar-refractivity contribution in [1.29, 1.82) is 0 Å². The van der Waals surface area contributed by atoms with Crippen molar-refractivity contribution in [3.05, 3.63) is 65.4 Å². The topological polar surface area (TPSA) is 59.3 Å². The summed E-state index contributed by atoms with van der Waals surface area (Å²) >= 11 is 0. The summed E-state index contributed by atoms with van der Waals surface area (Å²) in [5.41, 5.74) is 2.67. The summed E-state index contributed by atoms with van der Waals surface area (Å²) in [6, 6.07) is 9.43. The minimum Gasteiger partial charge on any atom is -0.347 e. The molecule has 5 nitrogen and oxygen atoms in total. The lowest BCUT2D eigenvalue weighted by molar-refractivity contribution is 0.0944. The number of nitrogens with one attached hydrogen (secondary N) is 1. The van der Waals surface area contributed by atoms with E-state index in [1.807, 2.05) is 6.20 Å². The number of hydrogen-bond donors (Lipinski definition) is 1. The molecule has 1 N–H and O–H groups in total. The molecule has 24 heavy (non-hydrogen) atoms. The van der Waals surface area contributed by atoms with Gasteiger partial charge in [-0.2, -0.15) is 5.10 Å². The van der Waals surface area contributed by atoms with Crippen molar-refractivity contribution in [2.75, 3.05) is 0 Å². The molecular formula is C18H19FN4O. The highest BCUT2D eigenvalue weighted by Gasteiger charge is 2.18. The number of rotatable bonds is 3. The van der Waals surface area contributed by atoms with Gasteiger partial charge in [0.25, 0.3) is 5.91 Å². The lowest BCUT2D eigenvalue weighted by atomic mass is 9.93. The first-order valence-electron chi connectivity index (χ1n) is 7.72. The summed E-state index contributed by atoms with van der Waals surface area (Å²) in [5.74, 6) is -0.584. The van der Waals surface area contributed by atoms with Crippen molar-refractivity contribution in [2.24, 2.45) is 0 Å². The maximum atomic E-state index is 12.9. The Morgan fingerprint density at radius 1 is 1.17 bits per heavy atom. The van der Waals surface area contributed by atoms with Gasteiger partial charge >= 0.3 is 0 Å². The highest BCUT2D eigenvalue weighted by atomic mass is 19.1. The van der Waals surface area contributed by atoms with Crippen LogP contribution >= 0.6 is 0 Å². The molecule has 124 valence electrons. The smallest absolute Gasteiger partial charge is 0.272 e. The van der Waals surface area contributed by atoms with Gasteiger partial charge in [-0.3, -0.25) is 4.79 Å². The van der Waals surface area contributed by atoms with E-state index in [0.717, 1.165) is 11.3 Å². The van der Waals surface area contributed by atoms with E-state index in [4.69, 9.17) is 0 Å². The maximum absolute atomic E-state index is 12.9. The fourth-order valence-corrected chi connectivity index (χ4v) is 2.24. The van der Waals surface area contributed by atoms with Crippen molar-refractivity contribution in [3.8, 4) is 0 Å². The molecule has 2 aromatic heterocycles. The van der Waals surface area contributed by atoms with Gasteiger partial charge in [0.2, 0.25) is 0 Å². The summed E-state index contributed by atoms with van der Waals surface area (Å²) in [6.45, 7) is 6.54. The summed E-state index contributed by atoms with van der Waals surface area (Å²) in [6.07, 6.45) is 1.84. The highest BCUT2D eigenvalue weighted by Crippen LogP contribution is 2.21. The predicted molar refractivity (Wildman–Crippen MR) is 89.3 cm³/mol. The molecule has 6 heteroatoms. The van der Waals surface area contributed by atoms with Crippen LogP contribution in [0.2, 0.25) is 0 Å². The molecule has 0 aliphatic rings. The van der Waals surface area contributed by atoms with E-state index in [0.29, 0.717) is 17.9 Å². The van der Waals surface area contributed by atoms with Gasteiger partial charge in [0.05, 0.1) is 11.9 Å². The molecule has 0 saturated heterocycles. The molecule has 0 saturated carbocycles. The molecule has 0 radical (unpaired) electrons. The van der Waals surface area contributed by atoms with Crippen LogP contribution in [0.1, 0.15) is 42.5 Å². The Morgan fingerprint density at radius 2 is 1.88 bits per heavy atom. The molecular weight excluding hydrogens is 307 g/mol. The van der Waals surface area contributed by atoms with E-state index in [9.17, 15) is 9.18 Å².